The number of ether oxygens (including phenoxy) is 1. The van der Waals surface area contributed by atoms with Gasteiger partial charge in [0.1, 0.15) is 5.82 Å². The Labute approximate surface area is 129 Å². The van der Waals surface area contributed by atoms with Gasteiger partial charge in [0.25, 0.3) is 0 Å². The maximum atomic E-state index is 5.78. The predicted octanol–water partition coefficient (Wildman–Crippen LogP) is 3.06. The van der Waals surface area contributed by atoms with Gasteiger partial charge in [0.2, 0.25) is 0 Å². The summed E-state index contributed by atoms with van der Waals surface area (Å²) in [6, 6.07) is 0.369. The summed E-state index contributed by atoms with van der Waals surface area (Å²) in [5.74, 6) is 1.74. The molecule has 0 saturated carbocycles. The molecule has 1 atom stereocenters. The summed E-state index contributed by atoms with van der Waals surface area (Å²) in [5.41, 5.74) is 2.70. The lowest BCUT2D eigenvalue weighted by Crippen LogP contribution is -2.31. The second kappa shape index (κ2) is 6.49. The van der Waals surface area contributed by atoms with Crippen molar-refractivity contribution in [2.24, 2.45) is 5.92 Å². The first-order valence-electron chi connectivity index (χ1n) is 8.25. The molecule has 0 fully saturated rings. The summed E-state index contributed by atoms with van der Waals surface area (Å²) in [6.07, 6.45) is 1.06. The number of fused-ring (bicyclic) bond motifs is 1. The van der Waals surface area contributed by atoms with Crippen molar-refractivity contribution >= 4 is 0 Å². The number of rotatable bonds is 5. The molecule has 0 spiro atoms. The van der Waals surface area contributed by atoms with E-state index in [4.69, 9.17) is 9.72 Å². The SMILES string of the molecule is CCOCC(C(C)C)n1c(C(C)(C)C)nc2c1CCNC2. The Morgan fingerprint density at radius 3 is 2.62 bits per heavy atom. The lowest BCUT2D eigenvalue weighted by Gasteiger charge is -2.30. The molecule has 21 heavy (non-hydrogen) atoms. The first-order valence-corrected chi connectivity index (χ1v) is 8.25. The fraction of sp³-hybridized carbons (Fsp3) is 0.824. The highest BCUT2D eigenvalue weighted by Gasteiger charge is 2.31. The van der Waals surface area contributed by atoms with Crippen LogP contribution >= 0.6 is 0 Å². The van der Waals surface area contributed by atoms with Crippen LogP contribution in [0.2, 0.25) is 0 Å². The van der Waals surface area contributed by atoms with Crippen molar-refractivity contribution < 1.29 is 4.74 Å². The van der Waals surface area contributed by atoms with E-state index in [0.717, 1.165) is 32.7 Å². The zero-order valence-corrected chi connectivity index (χ0v) is 14.5. The minimum absolute atomic E-state index is 0.0523. The monoisotopic (exact) mass is 293 g/mol. The van der Waals surface area contributed by atoms with E-state index in [9.17, 15) is 0 Å². The molecule has 2 rings (SSSR count). The zero-order valence-electron chi connectivity index (χ0n) is 14.5. The van der Waals surface area contributed by atoms with Crippen molar-refractivity contribution in [2.45, 2.75) is 66.0 Å². The molecule has 1 unspecified atom stereocenters. The van der Waals surface area contributed by atoms with Crippen LogP contribution in [0.1, 0.15) is 64.8 Å². The second-order valence-electron chi connectivity index (χ2n) is 7.35. The van der Waals surface area contributed by atoms with Gasteiger partial charge >= 0.3 is 0 Å². The van der Waals surface area contributed by atoms with Gasteiger partial charge in [-0.1, -0.05) is 34.6 Å². The topological polar surface area (TPSA) is 39.1 Å². The molecular formula is C17H31N3O. The van der Waals surface area contributed by atoms with Crippen molar-refractivity contribution in [3.63, 3.8) is 0 Å². The molecule has 4 heteroatoms. The van der Waals surface area contributed by atoms with Gasteiger partial charge < -0.3 is 14.6 Å². The van der Waals surface area contributed by atoms with Crippen molar-refractivity contribution in [1.29, 1.82) is 0 Å². The van der Waals surface area contributed by atoms with Crippen molar-refractivity contribution in [1.82, 2.24) is 14.9 Å². The van der Waals surface area contributed by atoms with E-state index in [0.29, 0.717) is 12.0 Å². The van der Waals surface area contributed by atoms with Gasteiger partial charge in [0.15, 0.2) is 0 Å². The molecule has 1 aromatic heterocycles. The Hall–Kier alpha value is -0.870. The molecule has 0 amide bonds. The van der Waals surface area contributed by atoms with E-state index in [1.807, 2.05) is 0 Å². The molecular weight excluding hydrogens is 262 g/mol. The molecule has 0 saturated heterocycles. The quantitative estimate of drug-likeness (QED) is 0.907. The van der Waals surface area contributed by atoms with Crippen molar-refractivity contribution in [3.05, 3.63) is 17.2 Å². The van der Waals surface area contributed by atoms with Gasteiger partial charge in [0.05, 0.1) is 18.3 Å². The standard InChI is InChI=1S/C17H31N3O/c1-7-21-11-15(12(2)3)20-14-8-9-18-10-13(14)19-16(20)17(4,5)6/h12,15,18H,7-11H2,1-6H3. The van der Waals surface area contributed by atoms with Gasteiger partial charge in [-0.2, -0.15) is 0 Å². The second-order valence-corrected chi connectivity index (χ2v) is 7.35. The number of hydrogen-bond acceptors (Lipinski definition) is 3. The highest BCUT2D eigenvalue weighted by Crippen LogP contribution is 2.32. The van der Waals surface area contributed by atoms with Gasteiger partial charge in [-0.3, -0.25) is 0 Å². The fourth-order valence-electron chi connectivity index (χ4n) is 3.02. The summed E-state index contributed by atoms with van der Waals surface area (Å²) in [4.78, 5) is 4.98. The largest absolute Gasteiger partial charge is 0.380 e. The number of nitrogens with one attached hydrogen (secondary N) is 1. The smallest absolute Gasteiger partial charge is 0.115 e. The highest BCUT2D eigenvalue weighted by atomic mass is 16.5. The van der Waals surface area contributed by atoms with Crippen LogP contribution in [0, 0.1) is 5.92 Å². The fourth-order valence-corrected chi connectivity index (χ4v) is 3.02. The van der Waals surface area contributed by atoms with Crippen LogP contribution in [0.3, 0.4) is 0 Å². The Kier molecular flexibility index (Phi) is 5.10. The normalized spacial score (nSPS) is 17.1. The van der Waals surface area contributed by atoms with Crippen molar-refractivity contribution in [3.8, 4) is 0 Å². The molecule has 0 bridgehead atoms. The molecule has 1 aromatic rings. The van der Waals surface area contributed by atoms with E-state index >= 15 is 0 Å². The summed E-state index contributed by atoms with van der Waals surface area (Å²) in [7, 11) is 0. The van der Waals surface area contributed by atoms with E-state index < -0.39 is 0 Å². The summed E-state index contributed by atoms with van der Waals surface area (Å²) < 4.78 is 8.27. The molecule has 0 radical (unpaired) electrons. The van der Waals surface area contributed by atoms with Crippen LogP contribution in [-0.2, 0) is 23.1 Å². The molecule has 4 nitrogen and oxygen atoms in total. The molecule has 0 aliphatic carbocycles. The van der Waals surface area contributed by atoms with E-state index in [-0.39, 0.29) is 5.41 Å². The first-order chi connectivity index (χ1) is 9.86. The van der Waals surface area contributed by atoms with Crippen LogP contribution in [-0.4, -0.2) is 29.3 Å². The minimum atomic E-state index is 0.0523. The summed E-state index contributed by atoms with van der Waals surface area (Å²) >= 11 is 0. The number of nitrogens with zero attached hydrogens (tertiary/aromatic N) is 2. The van der Waals surface area contributed by atoms with E-state index in [1.165, 1.54) is 17.2 Å². The Bertz CT molecular complexity index is 471. The predicted molar refractivity (Wildman–Crippen MR) is 86.7 cm³/mol. The van der Waals surface area contributed by atoms with Crippen LogP contribution in [0.15, 0.2) is 0 Å². The van der Waals surface area contributed by atoms with Crippen LogP contribution < -0.4 is 5.32 Å². The summed E-state index contributed by atoms with van der Waals surface area (Å²) in [6.45, 7) is 16.9. The average molecular weight is 293 g/mol. The van der Waals surface area contributed by atoms with Gasteiger partial charge in [-0.15, -0.1) is 0 Å². The van der Waals surface area contributed by atoms with Gasteiger partial charge in [-0.25, -0.2) is 4.98 Å². The third kappa shape index (κ3) is 3.49. The molecule has 2 heterocycles. The highest BCUT2D eigenvalue weighted by molar-refractivity contribution is 5.24. The Morgan fingerprint density at radius 2 is 2.05 bits per heavy atom. The number of hydrogen-bond donors (Lipinski definition) is 1. The van der Waals surface area contributed by atoms with Crippen LogP contribution in [0.4, 0.5) is 0 Å². The first kappa shape index (κ1) is 16.5. The Morgan fingerprint density at radius 1 is 1.33 bits per heavy atom. The molecule has 1 aliphatic rings. The lowest BCUT2D eigenvalue weighted by atomic mass is 9.94. The van der Waals surface area contributed by atoms with Crippen LogP contribution in [0.5, 0.6) is 0 Å². The average Bonchev–Trinajstić information content (AvgIpc) is 2.79. The minimum Gasteiger partial charge on any atom is -0.380 e. The van der Waals surface area contributed by atoms with Crippen molar-refractivity contribution in [2.75, 3.05) is 19.8 Å². The van der Waals surface area contributed by atoms with Gasteiger partial charge in [0, 0.05) is 37.2 Å². The van der Waals surface area contributed by atoms with E-state index in [1.54, 1.807) is 0 Å². The number of imidazole rings is 1. The molecule has 120 valence electrons. The summed E-state index contributed by atoms with van der Waals surface area (Å²) in [5, 5.41) is 3.44. The van der Waals surface area contributed by atoms with Crippen LogP contribution in [0.25, 0.3) is 0 Å². The number of aromatic nitrogens is 2. The maximum Gasteiger partial charge on any atom is 0.115 e. The third-order valence-corrected chi connectivity index (χ3v) is 4.19. The van der Waals surface area contributed by atoms with Gasteiger partial charge in [-0.05, 0) is 12.8 Å². The molecule has 0 aromatic carbocycles. The third-order valence-electron chi connectivity index (χ3n) is 4.19. The lowest BCUT2D eigenvalue weighted by molar-refractivity contribution is 0.0928. The zero-order chi connectivity index (χ0) is 15.6. The maximum absolute atomic E-state index is 5.78. The van der Waals surface area contributed by atoms with E-state index in [2.05, 4.69) is 51.4 Å². The molecule has 1 aliphatic heterocycles. The molecule has 1 N–H and O–H groups in total. The Balaban J connectivity index is 2.49.